The van der Waals surface area contributed by atoms with Gasteiger partial charge in [-0.05, 0) is 52.3 Å². The maximum Gasteiger partial charge on any atom is 0.255 e. The molecule has 0 atom stereocenters. The number of hydrogen-bond donors (Lipinski definition) is 2. The smallest absolute Gasteiger partial charge is 0.255 e. The first-order chi connectivity index (χ1) is 9.88. The van der Waals surface area contributed by atoms with E-state index in [4.69, 9.17) is 5.73 Å². The monoisotopic (exact) mass is 351 g/mol. The summed E-state index contributed by atoms with van der Waals surface area (Å²) in [5.41, 5.74) is 8.23. The third-order valence-corrected chi connectivity index (χ3v) is 3.56. The summed E-state index contributed by atoms with van der Waals surface area (Å²) in [5.74, 6) is -0.682. The van der Waals surface area contributed by atoms with Crippen LogP contribution in [0.5, 0.6) is 0 Å². The zero-order valence-corrected chi connectivity index (χ0v) is 13.2. The second kappa shape index (κ2) is 6.13. The van der Waals surface area contributed by atoms with Crippen molar-refractivity contribution in [2.45, 2.75) is 0 Å². The first kappa shape index (κ1) is 15.3. The number of nitrogens with one attached hydrogen (secondary N) is 1. The van der Waals surface area contributed by atoms with Crippen LogP contribution in [0, 0.1) is 5.82 Å². The summed E-state index contributed by atoms with van der Waals surface area (Å²) in [6, 6.07) is 9.37. The van der Waals surface area contributed by atoms with Crippen LogP contribution >= 0.6 is 15.9 Å². The molecule has 3 N–H and O–H groups in total. The van der Waals surface area contributed by atoms with Gasteiger partial charge in [-0.15, -0.1) is 0 Å². The van der Waals surface area contributed by atoms with E-state index < -0.39 is 0 Å². The molecule has 21 heavy (non-hydrogen) atoms. The number of anilines is 3. The van der Waals surface area contributed by atoms with Crippen LogP contribution in [-0.2, 0) is 0 Å². The average molecular weight is 352 g/mol. The van der Waals surface area contributed by atoms with E-state index >= 15 is 0 Å². The molecule has 0 heterocycles. The van der Waals surface area contributed by atoms with Crippen LogP contribution in [0.2, 0.25) is 0 Å². The molecule has 0 spiro atoms. The van der Waals surface area contributed by atoms with Crippen molar-refractivity contribution in [1.29, 1.82) is 0 Å². The van der Waals surface area contributed by atoms with E-state index in [0.29, 0.717) is 21.4 Å². The molecule has 0 fully saturated rings. The minimum absolute atomic E-state index is 0.294. The largest absolute Gasteiger partial charge is 0.397 e. The van der Waals surface area contributed by atoms with Crippen LogP contribution in [0.3, 0.4) is 0 Å². The fourth-order valence-corrected chi connectivity index (χ4v) is 2.26. The van der Waals surface area contributed by atoms with Crippen molar-refractivity contribution in [2.75, 3.05) is 30.0 Å². The van der Waals surface area contributed by atoms with E-state index in [2.05, 4.69) is 21.2 Å². The maximum atomic E-state index is 13.2. The molecule has 0 unspecified atom stereocenters. The van der Waals surface area contributed by atoms with E-state index in [1.54, 1.807) is 18.2 Å². The Kier molecular flexibility index (Phi) is 4.47. The highest BCUT2D eigenvalue weighted by atomic mass is 79.9. The van der Waals surface area contributed by atoms with Gasteiger partial charge in [-0.25, -0.2) is 4.39 Å². The number of rotatable bonds is 3. The summed E-state index contributed by atoms with van der Waals surface area (Å²) in [6.07, 6.45) is 0. The summed E-state index contributed by atoms with van der Waals surface area (Å²) < 4.78 is 13.4. The molecule has 2 rings (SSSR count). The van der Waals surface area contributed by atoms with Gasteiger partial charge in [0.15, 0.2) is 0 Å². The number of benzene rings is 2. The Hall–Kier alpha value is -2.08. The van der Waals surface area contributed by atoms with E-state index in [-0.39, 0.29) is 11.7 Å². The molecule has 110 valence electrons. The van der Waals surface area contributed by atoms with Crippen molar-refractivity contribution in [3.63, 3.8) is 0 Å². The molecule has 0 aliphatic rings. The van der Waals surface area contributed by atoms with Crippen molar-refractivity contribution in [2.24, 2.45) is 0 Å². The minimum atomic E-state index is -0.382. The topological polar surface area (TPSA) is 58.4 Å². The standard InChI is InChI=1S/C15H15BrFN3O/c1-20(2)14-6-3-9(7-13(14)18)15(21)19-10-4-5-12(17)11(16)8-10/h3-8H,18H2,1-2H3,(H,19,21). The summed E-state index contributed by atoms with van der Waals surface area (Å²) in [4.78, 5) is 14.0. The molecule has 6 heteroatoms. The van der Waals surface area contributed by atoms with Crippen molar-refractivity contribution in [3.8, 4) is 0 Å². The third-order valence-electron chi connectivity index (χ3n) is 2.95. The lowest BCUT2D eigenvalue weighted by Gasteiger charge is -2.16. The molecular formula is C15H15BrFN3O. The Bertz CT molecular complexity index is 689. The molecule has 1 amide bonds. The van der Waals surface area contributed by atoms with Crippen LogP contribution in [-0.4, -0.2) is 20.0 Å². The van der Waals surface area contributed by atoms with Gasteiger partial charge < -0.3 is 16.0 Å². The van der Waals surface area contributed by atoms with Gasteiger partial charge in [0, 0.05) is 25.3 Å². The number of carbonyl (C=O) groups is 1. The molecular weight excluding hydrogens is 337 g/mol. The predicted octanol–water partition coefficient (Wildman–Crippen LogP) is 3.49. The second-order valence-corrected chi connectivity index (χ2v) is 5.61. The number of carbonyl (C=O) groups excluding carboxylic acids is 1. The molecule has 2 aromatic carbocycles. The Balaban J connectivity index is 2.20. The highest BCUT2D eigenvalue weighted by Crippen LogP contribution is 2.24. The van der Waals surface area contributed by atoms with E-state index in [1.165, 1.54) is 18.2 Å². The maximum absolute atomic E-state index is 13.2. The number of nitrogen functional groups attached to an aromatic ring is 1. The lowest BCUT2D eigenvalue weighted by atomic mass is 10.1. The zero-order valence-electron chi connectivity index (χ0n) is 11.7. The van der Waals surface area contributed by atoms with Gasteiger partial charge in [0.05, 0.1) is 15.8 Å². The SMILES string of the molecule is CN(C)c1ccc(C(=O)Nc2ccc(F)c(Br)c2)cc1N. The quantitative estimate of drug-likeness (QED) is 0.832. The highest BCUT2D eigenvalue weighted by Gasteiger charge is 2.10. The molecule has 0 saturated heterocycles. The number of amides is 1. The molecule has 0 radical (unpaired) electrons. The normalized spacial score (nSPS) is 10.3. The van der Waals surface area contributed by atoms with Gasteiger partial charge in [-0.3, -0.25) is 4.79 Å². The van der Waals surface area contributed by atoms with Gasteiger partial charge in [0.25, 0.3) is 5.91 Å². The van der Waals surface area contributed by atoms with Crippen LogP contribution in [0.4, 0.5) is 21.5 Å². The average Bonchev–Trinajstić information content (AvgIpc) is 2.42. The van der Waals surface area contributed by atoms with Crippen molar-refractivity contribution in [1.82, 2.24) is 0 Å². The van der Waals surface area contributed by atoms with Gasteiger partial charge in [-0.2, -0.15) is 0 Å². The number of nitrogens with two attached hydrogens (primary N) is 1. The molecule has 0 aromatic heterocycles. The Morgan fingerprint density at radius 3 is 2.52 bits per heavy atom. The number of hydrogen-bond acceptors (Lipinski definition) is 3. The number of nitrogens with zero attached hydrogens (tertiary/aromatic N) is 1. The van der Waals surface area contributed by atoms with Crippen LogP contribution < -0.4 is 16.0 Å². The van der Waals surface area contributed by atoms with Crippen LogP contribution in [0.15, 0.2) is 40.9 Å². The fraction of sp³-hybridized carbons (Fsp3) is 0.133. The molecule has 4 nitrogen and oxygen atoms in total. The van der Waals surface area contributed by atoms with E-state index in [1.807, 2.05) is 19.0 Å². The first-order valence-corrected chi connectivity index (χ1v) is 7.01. The molecule has 0 aliphatic heterocycles. The Labute approximate surface area is 130 Å². The summed E-state index contributed by atoms with van der Waals surface area (Å²) in [7, 11) is 3.75. The fourth-order valence-electron chi connectivity index (χ4n) is 1.88. The minimum Gasteiger partial charge on any atom is -0.397 e. The predicted molar refractivity (Wildman–Crippen MR) is 87.2 cm³/mol. The van der Waals surface area contributed by atoms with Gasteiger partial charge in [-0.1, -0.05) is 0 Å². The first-order valence-electron chi connectivity index (χ1n) is 6.21. The number of halogens is 2. The van der Waals surface area contributed by atoms with Crippen LogP contribution in [0.1, 0.15) is 10.4 Å². The Morgan fingerprint density at radius 2 is 1.95 bits per heavy atom. The van der Waals surface area contributed by atoms with Crippen molar-refractivity contribution < 1.29 is 9.18 Å². The van der Waals surface area contributed by atoms with Crippen molar-refractivity contribution >= 4 is 38.9 Å². The molecule has 0 saturated carbocycles. The highest BCUT2D eigenvalue weighted by molar-refractivity contribution is 9.10. The lowest BCUT2D eigenvalue weighted by Crippen LogP contribution is -2.15. The zero-order chi connectivity index (χ0) is 15.6. The molecule has 0 bridgehead atoms. The summed E-state index contributed by atoms with van der Waals surface area (Å²) in [6.45, 7) is 0. The Morgan fingerprint density at radius 1 is 1.24 bits per heavy atom. The van der Waals surface area contributed by atoms with Crippen LogP contribution in [0.25, 0.3) is 0 Å². The van der Waals surface area contributed by atoms with Crippen molar-refractivity contribution in [3.05, 3.63) is 52.3 Å². The van der Waals surface area contributed by atoms with Gasteiger partial charge >= 0.3 is 0 Å². The van der Waals surface area contributed by atoms with Gasteiger partial charge in [0.2, 0.25) is 0 Å². The molecule has 0 aliphatic carbocycles. The second-order valence-electron chi connectivity index (χ2n) is 4.75. The third kappa shape index (κ3) is 3.52. The lowest BCUT2D eigenvalue weighted by molar-refractivity contribution is 0.102. The van der Waals surface area contributed by atoms with E-state index in [9.17, 15) is 9.18 Å². The molecule has 2 aromatic rings. The summed E-state index contributed by atoms with van der Waals surface area (Å²) in [5, 5.41) is 2.70. The van der Waals surface area contributed by atoms with Gasteiger partial charge in [0.1, 0.15) is 5.82 Å². The summed E-state index contributed by atoms with van der Waals surface area (Å²) >= 11 is 3.08. The van der Waals surface area contributed by atoms with E-state index in [0.717, 1.165) is 5.69 Å².